The molecule has 1 aromatic heterocycles. The Balaban J connectivity index is 1.54. The highest BCUT2D eigenvalue weighted by molar-refractivity contribution is 7.07. The Morgan fingerprint density at radius 2 is 1.79 bits per heavy atom. The number of esters is 1. The van der Waals surface area contributed by atoms with Gasteiger partial charge in [0, 0.05) is 12.5 Å². The van der Waals surface area contributed by atoms with Gasteiger partial charge in [0.05, 0.1) is 30.5 Å². The zero-order valence-corrected chi connectivity index (χ0v) is 22.6. The molecule has 8 heteroatoms. The van der Waals surface area contributed by atoms with Crippen molar-refractivity contribution in [3.05, 3.63) is 114 Å². The Labute approximate surface area is 228 Å². The van der Waals surface area contributed by atoms with Crippen molar-refractivity contribution in [2.45, 2.75) is 25.8 Å². The van der Waals surface area contributed by atoms with Gasteiger partial charge in [-0.05, 0) is 65.4 Å². The van der Waals surface area contributed by atoms with Gasteiger partial charge in [0.25, 0.3) is 5.56 Å². The third-order valence-electron chi connectivity index (χ3n) is 7.04. The summed E-state index contributed by atoms with van der Waals surface area (Å²) in [5.41, 5.74) is 6.16. The van der Waals surface area contributed by atoms with Gasteiger partial charge in [-0.3, -0.25) is 14.2 Å². The predicted molar refractivity (Wildman–Crippen MR) is 150 cm³/mol. The molecule has 3 aromatic carbocycles. The lowest BCUT2D eigenvalue weighted by Gasteiger charge is -2.30. The Hall–Kier alpha value is -4.43. The quantitative estimate of drug-likeness (QED) is 0.280. The largest absolute Gasteiger partial charge is 0.497 e. The van der Waals surface area contributed by atoms with E-state index >= 15 is 0 Å². The molecule has 196 valence electrons. The molecule has 0 radical (unpaired) electrons. The van der Waals surface area contributed by atoms with Gasteiger partial charge in [0.1, 0.15) is 5.75 Å². The van der Waals surface area contributed by atoms with Gasteiger partial charge in [0.2, 0.25) is 0 Å². The Bertz CT molecular complexity index is 1810. The van der Waals surface area contributed by atoms with Crippen molar-refractivity contribution >= 4 is 29.1 Å². The van der Waals surface area contributed by atoms with Crippen LogP contribution < -0.4 is 29.1 Å². The molecule has 1 aliphatic heterocycles. The average molecular weight is 539 g/mol. The molecule has 0 spiro atoms. The highest BCUT2D eigenvalue weighted by Gasteiger charge is 2.32. The fourth-order valence-corrected chi connectivity index (χ4v) is 6.27. The summed E-state index contributed by atoms with van der Waals surface area (Å²) in [7, 11) is 3.15. The third-order valence-corrected chi connectivity index (χ3v) is 8.03. The molecule has 1 aliphatic carbocycles. The van der Waals surface area contributed by atoms with Gasteiger partial charge in [-0.2, -0.15) is 0 Å². The van der Waals surface area contributed by atoms with E-state index in [9.17, 15) is 9.59 Å². The van der Waals surface area contributed by atoms with Crippen LogP contribution in [0.5, 0.6) is 17.2 Å². The van der Waals surface area contributed by atoms with Crippen LogP contribution in [0.25, 0.3) is 11.8 Å². The molecular formula is C31H26N2O5S. The monoisotopic (exact) mass is 538 g/mol. The smallest absolute Gasteiger partial charge is 0.308 e. The number of carbonyl (C=O) groups is 1. The summed E-state index contributed by atoms with van der Waals surface area (Å²) < 4.78 is 18.4. The van der Waals surface area contributed by atoms with Crippen LogP contribution in [0.15, 0.2) is 82.1 Å². The number of methoxy groups -OCH3 is 2. The van der Waals surface area contributed by atoms with Crippen molar-refractivity contribution in [2.24, 2.45) is 4.99 Å². The van der Waals surface area contributed by atoms with E-state index in [1.165, 1.54) is 30.9 Å². The number of ether oxygens (including phenoxy) is 3. The number of benzene rings is 3. The number of carbonyl (C=O) groups excluding carboxylic acids is 1. The average Bonchev–Trinajstić information content (AvgIpc) is 3.26. The SMILES string of the molecule is COc1ccc([C@H]2C3=C(N=c4s/c(=C\c5ccc(OC(C)=O)c(OC)c5)c(=O)n42)c2ccccc2CC3)cc1. The van der Waals surface area contributed by atoms with Crippen LogP contribution in [0.1, 0.15) is 41.6 Å². The maximum absolute atomic E-state index is 13.9. The minimum atomic E-state index is -0.432. The molecule has 2 aliphatic rings. The van der Waals surface area contributed by atoms with Gasteiger partial charge in [-0.1, -0.05) is 53.8 Å². The van der Waals surface area contributed by atoms with Gasteiger partial charge in [-0.25, -0.2) is 4.99 Å². The molecule has 7 nitrogen and oxygen atoms in total. The summed E-state index contributed by atoms with van der Waals surface area (Å²) in [6.45, 7) is 1.34. The minimum Gasteiger partial charge on any atom is -0.497 e. The molecule has 2 heterocycles. The summed E-state index contributed by atoms with van der Waals surface area (Å²) in [6.07, 6.45) is 3.55. The minimum absolute atomic E-state index is 0.104. The number of allylic oxidation sites excluding steroid dienone is 1. The number of fused-ring (bicyclic) bond motifs is 3. The number of rotatable bonds is 5. The lowest BCUT2D eigenvalue weighted by molar-refractivity contribution is -0.132. The summed E-state index contributed by atoms with van der Waals surface area (Å²) in [6, 6.07) is 21.2. The third kappa shape index (κ3) is 4.46. The Kier molecular flexibility index (Phi) is 6.40. The molecular weight excluding hydrogens is 512 g/mol. The van der Waals surface area contributed by atoms with Crippen LogP contribution in [0.3, 0.4) is 0 Å². The number of aromatic nitrogens is 1. The molecule has 0 saturated heterocycles. The van der Waals surface area contributed by atoms with Crippen molar-refractivity contribution in [3.63, 3.8) is 0 Å². The lowest BCUT2D eigenvalue weighted by atomic mass is 9.83. The normalized spacial score (nSPS) is 16.1. The van der Waals surface area contributed by atoms with E-state index in [0.717, 1.165) is 46.6 Å². The van der Waals surface area contributed by atoms with E-state index in [1.54, 1.807) is 25.3 Å². The van der Waals surface area contributed by atoms with E-state index in [-0.39, 0.29) is 11.6 Å². The number of aryl methyl sites for hydroxylation is 1. The molecule has 0 amide bonds. The number of thiazole rings is 1. The first-order chi connectivity index (χ1) is 19.0. The maximum Gasteiger partial charge on any atom is 0.308 e. The molecule has 0 bridgehead atoms. The van der Waals surface area contributed by atoms with E-state index in [1.807, 2.05) is 41.0 Å². The van der Waals surface area contributed by atoms with E-state index in [4.69, 9.17) is 19.2 Å². The standard InChI is InChI=1S/C31H26N2O5S/c1-18(34)38-25-15-8-19(16-26(25)37-3)17-27-30(35)33-29(21-9-12-22(36-2)13-10-21)24-14-11-20-6-4-5-7-23(20)28(24)32-31(33)39-27/h4-10,12-13,15-17,29H,11,14H2,1-3H3/b27-17-/t29-/m0/s1. The van der Waals surface area contributed by atoms with Crippen molar-refractivity contribution in [1.82, 2.24) is 4.57 Å². The first-order valence-corrected chi connectivity index (χ1v) is 13.4. The Morgan fingerprint density at radius 3 is 2.54 bits per heavy atom. The fraction of sp³-hybridized carbons (Fsp3) is 0.194. The summed E-state index contributed by atoms with van der Waals surface area (Å²) in [4.78, 5) is 31.1. The second kappa shape index (κ2) is 10.0. The first kappa shape index (κ1) is 24.9. The molecule has 0 saturated carbocycles. The summed E-state index contributed by atoms with van der Waals surface area (Å²) in [5, 5.41) is 0. The zero-order valence-electron chi connectivity index (χ0n) is 21.8. The van der Waals surface area contributed by atoms with Gasteiger partial charge in [-0.15, -0.1) is 0 Å². The molecule has 1 atom stereocenters. The molecule has 0 unspecified atom stereocenters. The first-order valence-electron chi connectivity index (χ1n) is 12.6. The van der Waals surface area contributed by atoms with Crippen molar-refractivity contribution in [1.29, 1.82) is 0 Å². The van der Waals surface area contributed by atoms with Gasteiger partial charge >= 0.3 is 5.97 Å². The van der Waals surface area contributed by atoms with Crippen LogP contribution in [0.4, 0.5) is 0 Å². The molecule has 0 fully saturated rings. The molecule has 39 heavy (non-hydrogen) atoms. The Morgan fingerprint density at radius 1 is 1.00 bits per heavy atom. The second-order valence-electron chi connectivity index (χ2n) is 9.39. The van der Waals surface area contributed by atoms with E-state index < -0.39 is 5.97 Å². The van der Waals surface area contributed by atoms with Crippen molar-refractivity contribution in [2.75, 3.05) is 14.2 Å². The van der Waals surface area contributed by atoms with Gasteiger partial charge in [0.15, 0.2) is 16.3 Å². The highest BCUT2D eigenvalue weighted by atomic mass is 32.1. The van der Waals surface area contributed by atoms with Crippen LogP contribution in [0, 0.1) is 0 Å². The van der Waals surface area contributed by atoms with Crippen molar-refractivity contribution < 1.29 is 19.0 Å². The number of nitrogens with zero attached hydrogens (tertiary/aromatic N) is 2. The molecule has 4 aromatic rings. The fourth-order valence-electron chi connectivity index (χ4n) is 5.27. The summed E-state index contributed by atoms with van der Waals surface area (Å²) in [5.74, 6) is 1.07. The molecule has 0 N–H and O–H groups in total. The van der Waals surface area contributed by atoms with Crippen molar-refractivity contribution in [3.8, 4) is 17.2 Å². The number of hydrogen-bond donors (Lipinski definition) is 0. The topological polar surface area (TPSA) is 79.1 Å². The second-order valence-corrected chi connectivity index (χ2v) is 10.4. The maximum atomic E-state index is 13.9. The summed E-state index contributed by atoms with van der Waals surface area (Å²) >= 11 is 1.36. The zero-order chi connectivity index (χ0) is 27.1. The predicted octanol–water partition coefficient (Wildman–Crippen LogP) is 4.26. The van der Waals surface area contributed by atoms with Crippen LogP contribution in [-0.4, -0.2) is 24.8 Å². The van der Waals surface area contributed by atoms with Crippen LogP contribution in [0.2, 0.25) is 0 Å². The van der Waals surface area contributed by atoms with Crippen LogP contribution >= 0.6 is 11.3 Å². The van der Waals surface area contributed by atoms with E-state index in [2.05, 4.69) is 18.2 Å². The van der Waals surface area contributed by atoms with E-state index in [0.29, 0.717) is 20.8 Å². The van der Waals surface area contributed by atoms with Crippen LogP contribution in [-0.2, 0) is 11.2 Å². The molecule has 6 rings (SSSR count). The number of hydrogen-bond acceptors (Lipinski definition) is 7. The van der Waals surface area contributed by atoms with Gasteiger partial charge < -0.3 is 14.2 Å². The lowest BCUT2D eigenvalue weighted by Crippen LogP contribution is -2.38. The highest BCUT2D eigenvalue weighted by Crippen LogP contribution is 2.41.